The molecule has 0 spiro atoms. The number of hydrogen-bond acceptors (Lipinski definition) is 13. The molecule has 0 aliphatic carbocycles. The zero-order chi connectivity index (χ0) is 48.2. The quantitative estimate of drug-likeness (QED) is 0.0186. The average Bonchev–Trinajstić information content (AvgIpc) is 3.32. The molecule has 0 fully saturated rings. The third kappa shape index (κ3) is 19.2. The van der Waals surface area contributed by atoms with Crippen LogP contribution in [-0.2, 0) is 19.1 Å². The second kappa shape index (κ2) is 30.0. The summed E-state index contributed by atoms with van der Waals surface area (Å²) in [4.78, 5) is 39.3. The first kappa shape index (κ1) is 54.9. The summed E-state index contributed by atoms with van der Waals surface area (Å²) in [5.41, 5.74) is 1.04. The van der Waals surface area contributed by atoms with Gasteiger partial charge in [-0.05, 0) is 83.4 Å². The molecule has 0 aliphatic rings. The van der Waals surface area contributed by atoms with Crippen LogP contribution in [0.1, 0.15) is 157 Å². The molecule has 0 N–H and O–H groups in total. The topological polar surface area (TPSA) is 167 Å². The van der Waals surface area contributed by atoms with Gasteiger partial charge in [-0.1, -0.05) is 110 Å². The monoisotopic (exact) mass is 915 g/mol. The lowest BCUT2D eigenvalue weighted by Crippen LogP contribution is -2.39. The highest BCUT2D eigenvalue weighted by Gasteiger charge is 2.43. The Labute approximate surface area is 394 Å². The van der Waals surface area contributed by atoms with Gasteiger partial charge in [0.05, 0.1) is 54.5 Å². The molecule has 0 aliphatic heterocycles. The number of carbonyl (C=O) groups is 2. The number of benzene rings is 3. The Bertz CT molecular complexity index is 1950. The minimum Gasteiger partial charge on any atom is -0.494 e. The molecule has 1 atom stereocenters. The van der Waals surface area contributed by atoms with E-state index in [0.29, 0.717) is 66.8 Å². The molecule has 0 radical (unpaired) electrons. The third-order valence-corrected chi connectivity index (χ3v) is 12.2. The van der Waals surface area contributed by atoms with E-state index in [1.54, 1.807) is 12.1 Å². The Morgan fingerprint density at radius 1 is 0.606 bits per heavy atom. The summed E-state index contributed by atoms with van der Waals surface area (Å²) in [6.45, 7) is 13.6. The summed E-state index contributed by atoms with van der Waals surface area (Å²) >= 11 is 0. The summed E-state index contributed by atoms with van der Waals surface area (Å²) in [7, 11) is 3.00. The molecule has 3 aromatic carbocycles. The van der Waals surface area contributed by atoms with Crippen molar-refractivity contribution in [1.29, 1.82) is 0 Å². The van der Waals surface area contributed by atoms with Gasteiger partial charge in [-0.3, -0.25) is 19.7 Å². The van der Waals surface area contributed by atoms with Gasteiger partial charge in [-0.15, -0.1) is 10.2 Å². The number of ether oxygens (including phenoxy) is 4. The van der Waals surface area contributed by atoms with E-state index >= 15 is 0 Å². The van der Waals surface area contributed by atoms with Crippen molar-refractivity contribution in [3.05, 3.63) is 70.8 Å². The van der Waals surface area contributed by atoms with Crippen molar-refractivity contribution in [2.45, 2.75) is 157 Å². The van der Waals surface area contributed by atoms with Gasteiger partial charge < -0.3 is 23.8 Å². The molecular formula is C52H78N6O8. The smallest absolute Gasteiger partial charge is 0.311 e. The summed E-state index contributed by atoms with van der Waals surface area (Å²) in [6.07, 6.45) is 21.6. The van der Waals surface area contributed by atoms with Gasteiger partial charge in [0.25, 0.3) is 5.69 Å². The first-order valence-electron chi connectivity index (χ1n) is 24.3. The first-order valence-corrected chi connectivity index (χ1v) is 24.3. The summed E-state index contributed by atoms with van der Waals surface area (Å²) in [6, 6.07) is 16.5. The van der Waals surface area contributed by atoms with Gasteiger partial charge in [-0.25, -0.2) is 0 Å². The summed E-state index contributed by atoms with van der Waals surface area (Å²) < 4.78 is 22.7. The highest BCUT2D eigenvalue weighted by molar-refractivity contribution is 5.80. The van der Waals surface area contributed by atoms with Crippen molar-refractivity contribution in [2.24, 2.45) is 31.3 Å². The molecule has 14 nitrogen and oxygen atoms in total. The molecule has 1 unspecified atom stereocenters. The Kier molecular flexibility index (Phi) is 25.0. The van der Waals surface area contributed by atoms with Crippen molar-refractivity contribution in [3.8, 4) is 11.5 Å². The zero-order valence-corrected chi connectivity index (χ0v) is 41.3. The van der Waals surface area contributed by atoms with E-state index in [4.69, 9.17) is 18.9 Å². The fourth-order valence-corrected chi connectivity index (χ4v) is 7.91. The predicted octanol–water partition coefficient (Wildman–Crippen LogP) is 15.4. The van der Waals surface area contributed by atoms with Gasteiger partial charge in [0.2, 0.25) is 0 Å². The van der Waals surface area contributed by atoms with Crippen LogP contribution in [0.4, 0.5) is 34.1 Å². The highest BCUT2D eigenvalue weighted by Crippen LogP contribution is 2.42. The van der Waals surface area contributed by atoms with Gasteiger partial charge >= 0.3 is 11.9 Å². The maximum Gasteiger partial charge on any atom is 0.311 e. The third-order valence-electron chi connectivity index (χ3n) is 12.2. The number of likely N-dealkylation sites (N-methyl/N-ethyl adjacent to an activating group) is 1. The lowest BCUT2D eigenvalue weighted by molar-refractivity contribution is -0.384. The normalized spacial score (nSPS) is 12.6. The van der Waals surface area contributed by atoms with Crippen LogP contribution in [0, 0.1) is 20.9 Å². The Hall–Kier alpha value is -5.40. The van der Waals surface area contributed by atoms with Crippen molar-refractivity contribution in [3.63, 3.8) is 0 Å². The van der Waals surface area contributed by atoms with E-state index < -0.39 is 15.8 Å². The zero-order valence-electron chi connectivity index (χ0n) is 41.3. The average molecular weight is 915 g/mol. The minimum absolute atomic E-state index is 0.0406. The lowest BCUT2D eigenvalue weighted by Gasteiger charge is -2.34. The molecule has 0 heterocycles. The molecule has 3 aromatic rings. The van der Waals surface area contributed by atoms with Gasteiger partial charge in [-0.2, -0.15) is 10.2 Å². The van der Waals surface area contributed by atoms with E-state index in [1.807, 2.05) is 58.9 Å². The van der Waals surface area contributed by atoms with Crippen LogP contribution in [0.5, 0.6) is 11.5 Å². The van der Waals surface area contributed by atoms with E-state index in [1.165, 1.54) is 128 Å². The minimum atomic E-state index is -0.881. The van der Waals surface area contributed by atoms with Crippen molar-refractivity contribution >= 4 is 46.1 Å². The molecule has 0 saturated carbocycles. The molecule has 0 aromatic heterocycles. The number of nitrogens with zero attached hydrogens (tertiary/aromatic N) is 6. The number of methoxy groups -OCH3 is 2. The van der Waals surface area contributed by atoms with Gasteiger partial charge in [0, 0.05) is 36.5 Å². The van der Waals surface area contributed by atoms with E-state index in [2.05, 4.69) is 32.3 Å². The summed E-state index contributed by atoms with van der Waals surface area (Å²) in [5.74, 6) is 0.187. The second-order valence-corrected chi connectivity index (χ2v) is 18.0. The molecule has 3 rings (SSSR count). The first-order chi connectivity index (χ1) is 31.8. The van der Waals surface area contributed by atoms with Crippen LogP contribution in [0.25, 0.3) is 0 Å². The Balaban J connectivity index is 1.41. The number of esters is 2. The Morgan fingerprint density at radius 3 is 1.47 bits per heavy atom. The van der Waals surface area contributed by atoms with E-state index in [-0.39, 0.29) is 24.2 Å². The molecule has 0 bridgehead atoms. The number of non-ortho nitro benzene ring substituents is 1. The number of unbranched alkanes of at least 4 members (excludes halogenated alkanes) is 15. The molecule has 14 heteroatoms. The fraction of sp³-hybridized carbons (Fsp3) is 0.615. The van der Waals surface area contributed by atoms with Crippen LogP contribution >= 0.6 is 0 Å². The van der Waals surface area contributed by atoms with Gasteiger partial charge in [0.15, 0.2) is 0 Å². The molecule has 364 valence electrons. The number of nitro benzene ring substituents is 1. The standard InChI is InChI=1S/C52H78N6O8/c1-9-12-13-14-15-16-17-18-19-20-21-22-23-24-25-26-36-65-50(60)52(6,10-2)40-51(4,5)49(59)66-37-35-57(11-3)43-31-27-41(28-32-43)53-55-45-38-48(64-8)46(39-47(45)63-7)56-54-42-29-33-44(34-30-42)58(61)62/h27-34,38-39H,9-26,35-37,40H2,1-8H3/b55-53+,56-54+. The second-order valence-electron chi connectivity index (χ2n) is 18.0. The largest absolute Gasteiger partial charge is 0.494 e. The number of hydrogen-bond donors (Lipinski definition) is 0. The van der Waals surface area contributed by atoms with Crippen LogP contribution < -0.4 is 14.4 Å². The molecular weight excluding hydrogens is 837 g/mol. The van der Waals surface area contributed by atoms with Crippen LogP contribution in [0.2, 0.25) is 0 Å². The predicted molar refractivity (Wildman–Crippen MR) is 264 cm³/mol. The van der Waals surface area contributed by atoms with Crippen LogP contribution in [0.15, 0.2) is 81.1 Å². The molecule has 0 saturated heterocycles. The summed E-state index contributed by atoms with van der Waals surface area (Å²) in [5, 5.41) is 28.2. The van der Waals surface area contributed by atoms with Crippen molar-refractivity contribution in [2.75, 3.05) is 45.4 Å². The van der Waals surface area contributed by atoms with Crippen LogP contribution in [-0.4, -0.2) is 57.4 Å². The Morgan fingerprint density at radius 2 is 1.05 bits per heavy atom. The van der Waals surface area contributed by atoms with E-state index in [0.717, 1.165) is 18.5 Å². The SMILES string of the molecule is CCCCCCCCCCCCCCCCCCOC(=O)C(C)(CC)CC(C)(C)C(=O)OCCN(CC)c1ccc(/N=N/c2cc(OC)c(/N=N/c3ccc([N+](=O)[O-])cc3)cc2OC)cc1. The molecule has 0 amide bonds. The lowest BCUT2D eigenvalue weighted by atomic mass is 9.72. The number of nitro groups is 1. The number of rotatable bonds is 34. The van der Waals surface area contributed by atoms with Crippen LogP contribution in [0.3, 0.4) is 0 Å². The number of carbonyl (C=O) groups excluding carboxylic acids is 2. The fourth-order valence-electron chi connectivity index (χ4n) is 7.91. The van der Waals surface area contributed by atoms with Crippen molar-refractivity contribution in [1.82, 2.24) is 0 Å². The maximum atomic E-state index is 13.4. The van der Waals surface area contributed by atoms with Crippen molar-refractivity contribution < 1.29 is 33.5 Å². The maximum absolute atomic E-state index is 13.4. The number of azo groups is 2. The highest BCUT2D eigenvalue weighted by atomic mass is 16.6. The molecule has 66 heavy (non-hydrogen) atoms. The van der Waals surface area contributed by atoms with Gasteiger partial charge in [0.1, 0.15) is 29.5 Å². The number of anilines is 1. The van der Waals surface area contributed by atoms with E-state index in [9.17, 15) is 19.7 Å².